The van der Waals surface area contributed by atoms with E-state index in [1.807, 2.05) is 12.1 Å². The van der Waals surface area contributed by atoms with E-state index < -0.39 is 0 Å². The molecule has 0 amide bonds. The Kier molecular flexibility index (Phi) is 7.00. The maximum absolute atomic E-state index is 9.98. The predicted molar refractivity (Wildman–Crippen MR) is 88.5 cm³/mol. The summed E-state index contributed by atoms with van der Waals surface area (Å²) in [7, 11) is 3.33. The van der Waals surface area contributed by atoms with Gasteiger partial charge < -0.3 is 19.9 Å². The van der Waals surface area contributed by atoms with Crippen LogP contribution in [0.2, 0.25) is 0 Å². The largest absolute Gasteiger partial charge is 0.493 e. The molecule has 2 rings (SSSR count). The van der Waals surface area contributed by atoms with E-state index in [0.717, 1.165) is 49.4 Å². The topological polar surface area (TPSA) is 50.7 Å². The van der Waals surface area contributed by atoms with E-state index in [0.29, 0.717) is 5.92 Å². The van der Waals surface area contributed by atoms with Crippen LogP contribution in [0.1, 0.15) is 44.1 Å². The van der Waals surface area contributed by atoms with Gasteiger partial charge in [-0.25, -0.2) is 0 Å². The van der Waals surface area contributed by atoms with E-state index in [1.54, 1.807) is 14.2 Å². The highest BCUT2D eigenvalue weighted by Crippen LogP contribution is 2.30. The number of benzene rings is 1. The van der Waals surface area contributed by atoms with Gasteiger partial charge in [0.05, 0.1) is 20.3 Å². The van der Waals surface area contributed by atoms with E-state index >= 15 is 0 Å². The SMILES string of the molecule is COc1cccc(CNCCCC2CCCCC2O)c1OC. The highest BCUT2D eigenvalue weighted by Gasteiger charge is 2.22. The van der Waals surface area contributed by atoms with Gasteiger partial charge >= 0.3 is 0 Å². The van der Waals surface area contributed by atoms with Gasteiger partial charge in [-0.3, -0.25) is 0 Å². The van der Waals surface area contributed by atoms with E-state index in [2.05, 4.69) is 11.4 Å². The zero-order valence-corrected chi connectivity index (χ0v) is 13.8. The number of nitrogens with one attached hydrogen (secondary N) is 1. The van der Waals surface area contributed by atoms with Crippen molar-refractivity contribution in [3.63, 3.8) is 0 Å². The highest BCUT2D eigenvalue weighted by atomic mass is 16.5. The zero-order chi connectivity index (χ0) is 15.8. The second kappa shape index (κ2) is 9.01. The molecule has 0 aromatic heterocycles. The molecule has 2 atom stereocenters. The summed E-state index contributed by atoms with van der Waals surface area (Å²) < 4.78 is 10.8. The lowest BCUT2D eigenvalue weighted by Gasteiger charge is -2.27. The lowest BCUT2D eigenvalue weighted by molar-refractivity contribution is 0.0643. The van der Waals surface area contributed by atoms with Gasteiger partial charge in [0.2, 0.25) is 0 Å². The Labute approximate surface area is 133 Å². The average Bonchev–Trinajstić information content (AvgIpc) is 2.55. The number of rotatable bonds is 8. The van der Waals surface area contributed by atoms with E-state index in [4.69, 9.17) is 9.47 Å². The van der Waals surface area contributed by atoms with Crippen molar-refractivity contribution in [2.24, 2.45) is 5.92 Å². The van der Waals surface area contributed by atoms with Gasteiger partial charge in [-0.05, 0) is 44.2 Å². The third kappa shape index (κ3) is 4.62. The molecule has 1 fully saturated rings. The van der Waals surface area contributed by atoms with Crippen LogP contribution in [0, 0.1) is 5.92 Å². The summed E-state index contributed by atoms with van der Waals surface area (Å²) >= 11 is 0. The molecule has 4 nitrogen and oxygen atoms in total. The van der Waals surface area contributed by atoms with Crippen LogP contribution < -0.4 is 14.8 Å². The fraction of sp³-hybridized carbons (Fsp3) is 0.667. The molecule has 0 spiro atoms. The van der Waals surface area contributed by atoms with Gasteiger partial charge in [0, 0.05) is 12.1 Å². The summed E-state index contributed by atoms with van der Waals surface area (Å²) in [5.74, 6) is 2.08. The number of aliphatic hydroxyl groups excluding tert-OH is 1. The Hall–Kier alpha value is -1.26. The third-order valence-corrected chi connectivity index (χ3v) is 4.60. The van der Waals surface area contributed by atoms with Crippen LogP contribution in [0.25, 0.3) is 0 Å². The van der Waals surface area contributed by atoms with Gasteiger partial charge in [-0.2, -0.15) is 0 Å². The first kappa shape index (κ1) is 17.1. The molecule has 1 saturated carbocycles. The Balaban J connectivity index is 1.72. The number of para-hydroxylation sites is 1. The third-order valence-electron chi connectivity index (χ3n) is 4.60. The summed E-state index contributed by atoms with van der Waals surface area (Å²) in [5, 5.41) is 13.4. The summed E-state index contributed by atoms with van der Waals surface area (Å²) in [6, 6.07) is 5.95. The smallest absolute Gasteiger partial charge is 0.165 e. The predicted octanol–water partition coefficient (Wildman–Crippen LogP) is 3.12. The van der Waals surface area contributed by atoms with Crippen LogP contribution in [0.4, 0.5) is 0 Å². The molecule has 2 unspecified atom stereocenters. The van der Waals surface area contributed by atoms with Crippen LogP contribution in [0.5, 0.6) is 11.5 Å². The number of methoxy groups -OCH3 is 2. The fourth-order valence-electron chi connectivity index (χ4n) is 3.33. The summed E-state index contributed by atoms with van der Waals surface area (Å²) in [4.78, 5) is 0. The van der Waals surface area contributed by atoms with E-state index in [9.17, 15) is 5.11 Å². The van der Waals surface area contributed by atoms with Crippen LogP contribution >= 0.6 is 0 Å². The molecule has 2 N–H and O–H groups in total. The summed E-state index contributed by atoms with van der Waals surface area (Å²) in [5.41, 5.74) is 1.11. The van der Waals surface area contributed by atoms with Gasteiger partial charge in [-0.15, -0.1) is 0 Å². The summed E-state index contributed by atoms with van der Waals surface area (Å²) in [6.45, 7) is 1.73. The Morgan fingerprint density at radius 2 is 2.00 bits per heavy atom. The molecule has 0 heterocycles. The second-order valence-electron chi connectivity index (χ2n) is 6.08. The first-order valence-electron chi connectivity index (χ1n) is 8.35. The van der Waals surface area contributed by atoms with Crippen LogP contribution in [0.15, 0.2) is 18.2 Å². The van der Waals surface area contributed by atoms with Crippen molar-refractivity contribution in [2.45, 2.75) is 51.2 Å². The lowest BCUT2D eigenvalue weighted by atomic mass is 9.83. The fourth-order valence-corrected chi connectivity index (χ4v) is 3.33. The minimum atomic E-state index is -0.0766. The minimum absolute atomic E-state index is 0.0766. The standard InChI is InChI=1S/C18H29NO3/c1-21-17-11-5-8-15(18(17)22-2)13-19-12-6-9-14-7-3-4-10-16(14)20/h5,8,11,14,16,19-20H,3-4,6-7,9-10,12-13H2,1-2H3. The van der Waals surface area contributed by atoms with Crippen molar-refractivity contribution in [2.75, 3.05) is 20.8 Å². The number of aliphatic hydroxyl groups is 1. The highest BCUT2D eigenvalue weighted by molar-refractivity contribution is 5.46. The number of hydrogen-bond donors (Lipinski definition) is 2. The molecule has 4 heteroatoms. The van der Waals surface area contributed by atoms with Gasteiger partial charge in [0.25, 0.3) is 0 Å². The molecular weight excluding hydrogens is 278 g/mol. The molecule has 1 aromatic carbocycles. The molecule has 22 heavy (non-hydrogen) atoms. The van der Waals surface area contributed by atoms with Crippen molar-refractivity contribution in [1.82, 2.24) is 5.32 Å². The molecule has 0 saturated heterocycles. The van der Waals surface area contributed by atoms with Crippen molar-refractivity contribution in [3.8, 4) is 11.5 Å². The monoisotopic (exact) mass is 307 g/mol. The number of hydrogen-bond acceptors (Lipinski definition) is 4. The molecule has 0 aliphatic heterocycles. The van der Waals surface area contributed by atoms with Crippen LogP contribution in [0.3, 0.4) is 0 Å². The van der Waals surface area contributed by atoms with Crippen molar-refractivity contribution in [1.29, 1.82) is 0 Å². The Bertz CT molecular complexity index is 450. The maximum Gasteiger partial charge on any atom is 0.165 e. The van der Waals surface area contributed by atoms with Crippen molar-refractivity contribution in [3.05, 3.63) is 23.8 Å². The van der Waals surface area contributed by atoms with Gasteiger partial charge in [0.15, 0.2) is 11.5 Å². The van der Waals surface area contributed by atoms with Crippen LogP contribution in [-0.2, 0) is 6.54 Å². The second-order valence-corrected chi connectivity index (χ2v) is 6.08. The van der Waals surface area contributed by atoms with Crippen molar-refractivity contribution < 1.29 is 14.6 Å². The lowest BCUT2D eigenvalue weighted by Crippen LogP contribution is -2.25. The first-order valence-corrected chi connectivity index (χ1v) is 8.35. The Morgan fingerprint density at radius 1 is 1.18 bits per heavy atom. The molecule has 1 aliphatic carbocycles. The first-order chi connectivity index (χ1) is 10.8. The molecule has 1 aromatic rings. The van der Waals surface area contributed by atoms with Crippen LogP contribution in [-0.4, -0.2) is 32.0 Å². The molecule has 0 radical (unpaired) electrons. The minimum Gasteiger partial charge on any atom is -0.493 e. The molecule has 124 valence electrons. The number of ether oxygens (including phenoxy) is 2. The summed E-state index contributed by atoms with van der Waals surface area (Å²) in [6.07, 6.45) is 6.77. The maximum atomic E-state index is 9.98. The zero-order valence-electron chi connectivity index (χ0n) is 13.8. The van der Waals surface area contributed by atoms with E-state index in [1.165, 1.54) is 19.3 Å². The molecule has 1 aliphatic rings. The van der Waals surface area contributed by atoms with E-state index in [-0.39, 0.29) is 6.10 Å². The average molecular weight is 307 g/mol. The Morgan fingerprint density at radius 3 is 2.73 bits per heavy atom. The normalized spacial score (nSPS) is 21.6. The van der Waals surface area contributed by atoms with Gasteiger partial charge in [0.1, 0.15) is 0 Å². The quantitative estimate of drug-likeness (QED) is 0.725. The van der Waals surface area contributed by atoms with Crippen molar-refractivity contribution >= 4 is 0 Å². The molecule has 0 bridgehead atoms. The molecular formula is C18H29NO3. The van der Waals surface area contributed by atoms with Gasteiger partial charge in [-0.1, -0.05) is 25.0 Å².